The van der Waals surface area contributed by atoms with E-state index in [-0.39, 0.29) is 17.3 Å². The van der Waals surface area contributed by atoms with Gasteiger partial charge in [-0.3, -0.25) is 4.79 Å². The van der Waals surface area contributed by atoms with Gasteiger partial charge in [-0.25, -0.2) is 13.1 Å². The van der Waals surface area contributed by atoms with Gasteiger partial charge in [0.15, 0.2) is 0 Å². The summed E-state index contributed by atoms with van der Waals surface area (Å²) in [5.41, 5.74) is 2.40. The zero-order valence-corrected chi connectivity index (χ0v) is 14.3. The van der Waals surface area contributed by atoms with Gasteiger partial charge in [-0.2, -0.15) is 0 Å². The van der Waals surface area contributed by atoms with Crippen molar-refractivity contribution < 1.29 is 13.2 Å². The SMILES string of the molecule is C=CCNS(=O)(=O)c1cccc(C(=O)NCc2ccccc2C)c1. The predicted molar refractivity (Wildman–Crippen MR) is 94.2 cm³/mol. The lowest BCUT2D eigenvalue weighted by Crippen LogP contribution is -2.25. The average Bonchev–Trinajstić information content (AvgIpc) is 2.59. The Labute approximate surface area is 142 Å². The third-order valence-corrected chi connectivity index (χ3v) is 4.95. The Balaban J connectivity index is 2.12. The molecule has 126 valence electrons. The number of nitrogens with one attached hydrogen (secondary N) is 2. The Morgan fingerprint density at radius 2 is 1.92 bits per heavy atom. The van der Waals surface area contributed by atoms with Crippen LogP contribution in [0.3, 0.4) is 0 Å². The van der Waals surface area contributed by atoms with Crippen LogP contribution in [0, 0.1) is 6.92 Å². The Morgan fingerprint density at radius 1 is 1.17 bits per heavy atom. The quantitative estimate of drug-likeness (QED) is 0.757. The Bertz CT molecular complexity index is 845. The van der Waals surface area contributed by atoms with Gasteiger partial charge in [-0.1, -0.05) is 36.4 Å². The predicted octanol–water partition coefficient (Wildman–Crippen LogP) is 2.39. The van der Waals surface area contributed by atoms with Crippen LogP contribution in [0.15, 0.2) is 66.1 Å². The summed E-state index contributed by atoms with van der Waals surface area (Å²) in [6.45, 7) is 5.96. The van der Waals surface area contributed by atoms with Crippen molar-refractivity contribution in [3.05, 3.63) is 77.9 Å². The normalized spacial score (nSPS) is 11.0. The zero-order chi connectivity index (χ0) is 17.6. The first-order valence-corrected chi connectivity index (χ1v) is 8.95. The van der Waals surface area contributed by atoms with Crippen molar-refractivity contribution in [2.24, 2.45) is 0 Å². The molecule has 0 radical (unpaired) electrons. The molecular weight excluding hydrogens is 324 g/mol. The summed E-state index contributed by atoms with van der Waals surface area (Å²) in [6, 6.07) is 13.7. The molecule has 6 heteroatoms. The number of aryl methyl sites for hydroxylation is 1. The third kappa shape index (κ3) is 4.53. The molecule has 2 rings (SSSR count). The molecule has 0 aliphatic heterocycles. The molecule has 0 fully saturated rings. The number of sulfonamides is 1. The number of benzene rings is 2. The third-order valence-electron chi connectivity index (χ3n) is 3.52. The summed E-state index contributed by atoms with van der Waals surface area (Å²) in [5.74, 6) is -0.320. The molecule has 5 nitrogen and oxygen atoms in total. The molecule has 0 bridgehead atoms. The molecule has 0 aliphatic carbocycles. The van der Waals surface area contributed by atoms with E-state index in [1.807, 2.05) is 31.2 Å². The molecule has 1 amide bonds. The maximum absolute atomic E-state index is 12.3. The Hall–Kier alpha value is -2.44. The summed E-state index contributed by atoms with van der Waals surface area (Å²) in [7, 11) is -3.65. The number of carbonyl (C=O) groups is 1. The molecule has 2 aromatic rings. The van der Waals surface area contributed by atoms with E-state index in [2.05, 4.69) is 16.6 Å². The van der Waals surface area contributed by atoms with Crippen LogP contribution in [0.2, 0.25) is 0 Å². The highest BCUT2D eigenvalue weighted by molar-refractivity contribution is 7.89. The molecule has 2 aromatic carbocycles. The topological polar surface area (TPSA) is 75.3 Å². The highest BCUT2D eigenvalue weighted by atomic mass is 32.2. The standard InChI is InChI=1S/C18H20N2O3S/c1-3-11-20-24(22,23)17-10-6-9-15(12-17)18(21)19-13-16-8-5-4-7-14(16)2/h3-10,12,20H,1,11,13H2,2H3,(H,19,21). The first-order valence-electron chi connectivity index (χ1n) is 7.47. The summed E-state index contributed by atoms with van der Waals surface area (Å²) >= 11 is 0. The van der Waals surface area contributed by atoms with E-state index < -0.39 is 10.0 Å². The maximum Gasteiger partial charge on any atom is 0.251 e. The van der Waals surface area contributed by atoms with Crippen LogP contribution in [0.5, 0.6) is 0 Å². The lowest BCUT2D eigenvalue weighted by molar-refractivity contribution is 0.0950. The fourth-order valence-electron chi connectivity index (χ4n) is 2.14. The van der Waals surface area contributed by atoms with Crippen LogP contribution < -0.4 is 10.0 Å². The average molecular weight is 344 g/mol. The largest absolute Gasteiger partial charge is 0.348 e. The van der Waals surface area contributed by atoms with Gasteiger partial charge < -0.3 is 5.32 Å². The van der Waals surface area contributed by atoms with E-state index in [0.717, 1.165) is 11.1 Å². The van der Waals surface area contributed by atoms with Gasteiger partial charge >= 0.3 is 0 Å². The highest BCUT2D eigenvalue weighted by Crippen LogP contribution is 2.12. The minimum atomic E-state index is -3.65. The molecule has 0 unspecified atom stereocenters. The fraction of sp³-hybridized carbons (Fsp3) is 0.167. The van der Waals surface area contributed by atoms with E-state index in [9.17, 15) is 13.2 Å². The second kappa shape index (κ2) is 7.90. The minimum absolute atomic E-state index is 0.0490. The highest BCUT2D eigenvalue weighted by Gasteiger charge is 2.15. The molecule has 2 N–H and O–H groups in total. The Morgan fingerprint density at radius 3 is 2.62 bits per heavy atom. The van der Waals surface area contributed by atoms with Crippen molar-refractivity contribution in [1.82, 2.24) is 10.0 Å². The summed E-state index contributed by atoms with van der Waals surface area (Å²) in [4.78, 5) is 12.3. The van der Waals surface area contributed by atoms with E-state index >= 15 is 0 Å². The van der Waals surface area contributed by atoms with Gasteiger partial charge in [-0.15, -0.1) is 6.58 Å². The lowest BCUT2D eigenvalue weighted by Gasteiger charge is -2.09. The lowest BCUT2D eigenvalue weighted by atomic mass is 10.1. The summed E-state index contributed by atoms with van der Waals surface area (Å²) in [5, 5.41) is 2.81. The molecule has 0 aliphatic rings. The minimum Gasteiger partial charge on any atom is -0.348 e. The number of amides is 1. The molecule has 0 saturated heterocycles. The molecule has 0 spiro atoms. The number of hydrogen-bond donors (Lipinski definition) is 2. The van der Waals surface area contributed by atoms with Gasteiger partial charge in [-0.05, 0) is 36.2 Å². The smallest absolute Gasteiger partial charge is 0.251 e. The first kappa shape index (κ1) is 17.9. The molecule has 0 atom stereocenters. The van der Waals surface area contributed by atoms with Crippen molar-refractivity contribution in [1.29, 1.82) is 0 Å². The van der Waals surface area contributed by atoms with Crippen molar-refractivity contribution in [2.75, 3.05) is 6.54 Å². The second-order valence-electron chi connectivity index (χ2n) is 5.28. The van der Waals surface area contributed by atoms with Crippen LogP contribution in [0.4, 0.5) is 0 Å². The van der Waals surface area contributed by atoms with Crippen LogP contribution in [0.25, 0.3) is 0 Å². The number of rotatable bonds is 7. The summed E-state index contributed by atoms with van der Waals surface area (Å²) in [6.07, 6.45) is 1.45. The molecular formula is C18H20N2O3S. The molecule has 24 heavy (non-hydrogen) atoms. The van der Waals surface area contributed by atoms with E-state index in [4.69, 9.17) is 0 Å². The summed E-state index contributed by atoms with van der Waals surface area (Å²) < 4.78 is 26.6. The van der Waals surface area contributed by atoms with Gasteiger partial charge in [0, 0.05) is 18.7 Å². The van der Waals surface area contributed by atoms with E-state index in [0.29, 0.717) is 12.1 Å². The van der Waals surface area contributed by atoms with Crippen molar-refractivity contribution in [3.63, 3.8) is 0 Å². The van der Waals surface area contributed by atoms with Crippen molar-refractivity contribution in [2.45, 2.75) is 18.4 Å². The Kier molecular flexibility index (Phi) is 5.89. The van der Waals surface area contributed by atoms with Gasteiger partial charge in [0.25, 0.3) is 5.91 Å². The number of hydrogen-bond acceptors (Lipinski definition) is 3. The van der Waals surface area contributed by atoms with Crippen LogP contribution in [-0.4, -0.2) is 20.9 Å². The molecule has 0 heterocycles. The first-order chi connectivity index (χ1) is 11.4. The van der Waals surface area contributed by atoms with Gasteiger partial charge in [0.1, 0.15) is 0 Å². The molecule has 0 saturated carbocycles. The number of carbonyl (C=O) groups excluding carboxylic acids is 1. The maximum atomic E-state index is 12.3. The van der Waals surface area contributed by atoms with Crippen molar-refractivity contribution >= 4 is 15.9 Å². The van der Waals surface area contributed by atoms with Gasteiger partial charge in [0.2, 0.25) is 10.0 Å². The van der Waals surface area contributed by atoms with Gasteiger partial charge in [0.05, 0.1) is 4.90 Å². The second-order valence-corrected chi connectivity index (χ2v) is 7.04. The fourth-order valence-corrected chi connectivity index (χ4v) is 3.19. The van der Waals surface area contributed by atoms with Crippen molar-refractivity contribution in [3.8, 4) is 0 Å². The van der Waals surface area contributed by atoms with Crippen LogP contribution >= 0.6 is 0 Å². The monoisotopic (exact) mass is 344 g/mol. The van der Waals surface area contributed by atoms with E-state index in [1.54, 1.807) is 12.1 Å². The zero-order valence-electron chi connectivity index (χ0n) is 13.5. The van der Waals surface area contributed by atoms with Crippen LogP contribution in [-0.2, 0) is 16.6 Å². The van der Waals surface area contributed by atoms with Crippen LogP contribution in [0.1, 0.15) is 21.5 Å². The molecule has 0 aromatic heterocycles. The van der Waals surface area contributed by atoms with E-state index in [1.165, 1.54) is 18.2 Å².